The van der Waals surface area contributed by atoms with Gasteiger partial charge in [-0.15, -0.1) is 5.10 Å². The molecule has 0 saturated carbocycles. The summed E-state index contributed by atoms with van der Waals surface area (Å²) in [6.07, 6.45) is 0. The van der Waals surface area contributed by atoms with E-state index in [1.54, 1.807) is 4.68 Å². The van der Waals surface area contributed by atoms with Crippen LogP contribution in [0.25, 0.3) is 0 Å². The van der Waals surface area contributed by atoms with Gasteiger partial charge in [0.1, 0.15) is 23.7 Å². The molecule has 1 N–H and O–H groups in total. The molecule has 0 aliphatic carbocycles. The number of hydrogen-bond donors (Lipinski definition) is 1. The van der Waals surface area contributed by atoms with Crippen LogP contribution in [-0.4, -0.2) is 20.1 Å². The van der Waals surface area contributed by atoms with E-state index in [4.69, 9.17) is 4.74 Å². The Hall–Kier alpha value is -1.88. The van der Waals surface area contributed by atoms with Crippen molar-refractivity contribution in [1.29, 1.82) is 0 Å². The van der Waals surface area contributed by atoms with Crippen LogP contribution in [0.5, 0.6) is 5.75 Å². The van der Waals surface area contributed by atoms with E-state index in [1.807, 2.05) is 44.2 Å². The zero-order valence-corrected chi connectivity index (χ0v) is 10.6. The molecular weight excluding hydrogens is 230 g/mol. The summed E-state index contributed by atoms with van der Waals surface area (Å²) in [6.45, 7) is 4.26. The minimum Gasteiger partial charge on any atom is -0.487 e. The van der Waals surface area contributed by atoms with E-state index in [0.717, 1.165) is 11.4 Å². The molecule has 5 heteroatoms. The number of nitrogens with zero attached hydrogens (tertiary/aromatic N) is 3. The number of aliphatic hydroxyl groups excluding tert-OH is 1. The van der Waals surface area contributed by atoms with E-state index in [9.17, 15) is 5.11 Å². The van der Waals surface area contributed by atoms with Crippen LogP contribution in [0.1, 0.15) is 31.3 Å². The van der Waals surface area contributed by atoms with Gasteiger partial charge in [-0.3, -0.25) is 0 Å². The van der Waals surface area contributed by atoms with Crippen molar-refractivity contribution >= 4 is 0 Å². The SMILES string of the molecule is CC(C)n1nnc(CO)c1COc1ccccc1. The zero-order valence-electron chi connectivity index (χ0n) is 10.6. The molecule has 0 amide bonds. The number of rotatable bonds is 5. The first-order valence-electron chi connectivity index (χ1n) is 5.94. The van der Waals surface area contributed by atoms with Crippen molar-refractivity contribution in [2.75, 3.05) is 0 Å². The summed E-state index contributed by atoms with van der Waals surface area (Å²) in [4.78, 5) is 0. The molecule has 1 heterocycles. The fourth-order valence-electron chi connectivity index (χ4n) is 1.70. The molecule has 0 bridgehead atoms. The van der Waals surface area contributed by atoms with Crippen molar-refractivity contribution in [3.63, 3.8) is 0 Å². The van der Waals surface area contributed by atoms with Crippen LogP contribution < -0.4 is 4.74 Å². The number of aliphatic hydroxyl groups is 1. The van der Waals surface area contributed by atoms with Crippen LogP contribution in [0.3, 0.4) is 0 Å². The second kappa shape index (κ2) is 5.64. The van der Waals surface area contributed by atoms with Gasteiger partial charge in [-0.25, -0.2) is 4.68 Å². The average molecular weight is 247 g/mol. The second-order valence-corrected chi connectivity index (χ2v) is 4.28. The molecule has 2 rings (SSSR count). The van der Waals surface area contributed by atoms with Gasteiger partial charge in [0, 0.05) is 6.04 Å². The van der Waals surface area contributed by atoms with Crippen molar-refractivity contribution in [2.24, 2.45) is 0 Å². The Labute approximate surface area is 106 Å². The average Bonchev–Trinajstić information content (AvgIpc) is 2.80. The van der Waals surface area contributed by atoms with E-state index in [1.165, 1.54) is 0 Å². The van der Waals surface area contributed by atoms with Gasteiger partial charge in [0.2, 0.25) is 0 Å². The topological polar surface area (TPSA) is 60.2 Å². The fraction of sp³-hybridized carbons (Fsp3) is 0.385. The molecule has 0 radical (unpaired) electrons. The number of aromatic nitrogens is 3. The molecule has 96 valence electrons. The molecule has 0 aliphatic heterocycles. The first-order valence-corrected chi connectivity index (χ1v) is 5.94. The smallest absolute Gasteiger partial charge is 0.132 e. The van der Waals surface area contributed by atoms with Crippen LogP contribution in [0.2, 0.25) is 0 Å². The van der Waals surface area contributed by atoms with Crippen molar-refractivity contribution < 1.29 is 9.84 Å². The van der Waals surface area contributed by atoms with E-state index >= 15 is 0 Å². The highest BCUT2D eigenvalue weighted by atomic mass is 16.5. The van der Waals surface area contributed by atoms with Gasteiger partial charge < -0.3 is 9.84 Å². The lowest BCUT2D eigenvalue weighted by Crippen LogP contribution is -2.11. The largest absolute Gasteiger partial charge is 0.487 e. The third kappa shape index (κ3) is 2.68. The second-order valence-electron chi connectivity index (χ2n) is 4.28. The maximum atomic E-state index is 9.24. The molecule has 1 aromatic heterocycles. The van der Waals surface area contributed by atoms with Crippen molar-refractivity contribution in [3.05, 3.63) is 41.7 Å². The van der Waals surface area contributed by atoms with Crippen LogP contribution in [-0.2, 0) is 13.2 Å². The quantitative estimate of drug-likeness (QED) is 0.877. The van der Waals surface area contributed by atoms with E-state index in [2.05, 4.69) is 10.3 Å². The van der Waals surface area contributed by atoms with Gasteiger partial charge in [0.05, 0.1) is 6.61 Å². The standard InChI is InChI=1S/C13H17N3O2/c1-10(2)16-13(12(8-17)14-15-16)9-18-11-6-4-3-5-7-11/h3-7,10,17H,8-9H2,1-2H3. The Morgan fingerprint density at radius 1 is 1.28 bits per heavy atom. The van der Waals surface area contributed by atoms with Gasteiger partial charge in [-0.2, -0.15) is 0 Å². The Morgan fingerprint density at radius 2 is 2.00 bits per heavy atom. The Balaban J connectivity index is 2.15. The monoisotopic (exact) mass is 247 g/mol. The highest BCUT2D eigenvalue weighted by Crippen LogP contribution is 2.16. The molecule has 18 heavy (non-hydrogen) atoms. The summed E-state index contributed by atoms with van der Waals surface area (Å²) >= 11 is 0. The van der Waals surface area contributed by atoms with E-state index < -0.39 is 0 Å². The Morgan fingerprint density at radius 3 is 2.61 bits per heavy atom. The predicted octanol–water partition coefficient (Wildman–Crippen LogP) is 1.93. The maximum absolute atomic E-state index is 9.24. The van der Waals surface area contributed by atoms with Crippen molar-refractivity contribution in [2.45, 2.75) is 33.1 Å². The molecular formula is C13H17N3O2. The lowest BCUT2D eigenvalue weighted by Gasteiger charge is -2.11. The summed E-state index contributed by atoms with van der Waals surface area (Å²) in [7, 11) is 0. The normalized spacial score (nSPS) is 10.9. The first kappa shape index (κ1) is 12.6. The van der Waals surface area contributed by atoms with Crippen LogP contribution >= 0.6 is 0 Å². The fourth-order valence-corrected chi connectivity index (χ4v) is 1.70. The Bertz CT molecular complexity index is 494. The van der Waals surface area contributed by atoms with E-state index in [-0.39, 0.29) is 12.6 Å². The number of benzene rings is 1. The Kier molecular flexibility index (Phi) is 3.94. The number of para-hydroxylation sites is 1. The molecule has 2 aromatic rings. The molecule has 0 aliphatic rings. The minimum absolute atomic E-state index is 0.125. The third-order valence-electron chi connectivity index (χ3n) is 2.63. The summed E-state index contributed by atoms with van der Waals surface area (Å²) in [5, 5.41) is 17.2. The maximum Gasteiger partial charge on any atom is 0.132 e. The van der Waals surface area contributed by atoms with Crippen molar-refractivity contribution in [3.8, 4) is 5.75 Å². The molecule has 0 spiro atoms. The van der Waals surface area contributed by atoms with Gasteiger partial charge in [-0.05, 0) is 26.0 Å². The molecule has 0 atom stereocenters. The lowest BCUT2D eigenvalue weighted by molar-refractivity contribution is 0.260. The number of ether oxygens (including phenoxy) is 1. The van der Waals surface area contributed by atoms with Gasteiger partial charge >= 0.3 is 0 Å². The lowest BCUT2D eigenvalue weighted by atomic mass is 10.3. The van der Waals surface area contributed by atoms with Gasteiger partial charge in [0.15, 0.2) is 0 Å². The van der Waals surface area contributed by atoms with Crippen LogP contribution in [0.15, 0.2) is 30.3 Å². The first-order chi connectivity index (χ1) is 8.72. The predicted molar refractivity (Wildman–Crippen MR) is 67.1 cm³/mol. The highest BCUT2D eigenvalue weighted by Gasteiger charge is 2.14. The van der Waals surface area contributed by atoms with Crippen molar-refractivity contribution in [1.82, 2.24) is 15.0 Å². The zero-order chi connectivity index (χ0) is 13.0. The highest BCUT2D eigenvalue weighted by molar-refractivity contribution is 5.21. The minimum atomic E-state index is -0.125. The summed E-state index contributed by atoms with van der Waals surface area (Å²) in [5.41, 5.74) is 1.39. The van der Waals surface area contributed by atoms with Crippen LogP contribution in [0.4, 0.5) is 0 Å². The summed E-state index contributed by atoms with van der Waals surface area (Å²) < 4.78 is 7.44. The van der Waals surface area contributed by atoms with E-state index in [0.29, 0.717) is 12.3 Å². The molecule has 1 aromatic carbocycles. The number of hydrogen-bond acceptors (Lipinski definition) is 4. The molecule has 0 saturated heterocycles. The molecule has 5 nitrogen and oxygen atoms in total. The summed E-state index contributed by atoms with van der Waals surface area (Å²) in [6, 6.07) is 9.74. The van der Waals surface area contributed by atoms with Gasteiger partial charge in [0.25, 0.3) is 0 Å². The third-order valence-corrected chi connectivity index (χ3v) is 2.63. The van der Waals surface area contributed by atoms with Crippen LogP contribution in [0, 0.1) is 0 Å². The molecule has 0 unspecified atom stereocenters. The van der Waals surface area contributed by atoms with Gasteiger partial charge in [-0.1, -0.05) is 23.4 Å². The molecule has 0 fully saturated rings. The summed E-state index contributed by atoms with van der Waals surface area (Å²) in [5.74, 6) is 0.790.